The number of hydrogen-bond donors (Lipinski definition) is 3. The molecule has 2 aromatic carbocycles. The molecule has 12 nitrogen and oxygen atoms in total. The van der Waals surface area contributed by atoms with Gasteiger partial charge in [-0.25, -0.2) is 4.79 Å². The van der Waals surface area contributed by atoms with Gasteiger partial charge in [-0.2, -0.15) is 0 Å². The number of rotatable bonds is 22. The summed E-state index contributed by atoms with van der Waals surface area (Å²) in [4.78, 5) is 22.3. The van der Waals surface area contributed by atoms with Crippen LogP contribution in [0.15, 0.2) is 76.8 Å². The maximum Gasteiger partial charge on any atom is 0.410 e. The van der Waals surface area contributed by atoms with Gasteiger partial charge in [0.2, 0.25) is 5.79 Å². The lowest BCUT2D eigenvalue weighted by molar-refractivity contribution is -0.255. The Bertz CT molecular complexity index is 1600. The van der Waals surface area contributed by atoms with Crippen LogP contribution in [0.5, 0.6) is 17.2 Å². The van der Waals surface area contributed by atoms with Gasteiger partial charge in [-0.1, -0.05) is 30.1 Å². The van der Waals surface area contributed by atoms with Crippen molar-refractivity contribution in [2.45, 2.75) is 74.5 Å². The van der Waals surface area contributed by atoms with Crippen molar-refractivity contribution >= 4 is 23.6 Å². The molecule has 2 aromatic rings. The third kappa shape index (κ3) is 9.87. The molecule has 0 radical (unpaired) electrons. The van der Waals surface area contributed by atoms with Crippen LogP contribution < -0.4 is 9.47 Å². The van der Waals surface area contributed by atoms with Crippen molar-refractivity contribution < 1.29 is 48.6 Å². The van der Waals surface area contributed by atoms with Gasteiger partial charge in [-0.3, -0.25) is 4.90 Å². The number of oxime groups is 1. The van der Waals surface area contributed by atoms with E-state index in [1.54, 1.807) is 22.7 Å². The summed E-state index contributed by atoms with van der Waals surface area (Å²) in [6.45, 7) is 6.80. The van der Waals surface area contributed by atoms with Crippen molar-refractivity contribution in [2.24, 2.45) is 22.9 Å². The second-order valence-electron chi connectivity index (χ2n) is 14.0. The fourth-order valence-corrected chi connectivity index (χ4v) is 8.86. The van der Waals surface area contributed by atoms with Gasteiger partial charge in [0.15, 0.2) is 0 Å². The van der Waals surface area contributed by atoms with E-state index in [1.165, 1.54) is 7.11 Å². The van der Waals surface area contributed by atoms with E-state index in [0.717, 1.165) is 41.7 Å². The molecular formula is C42H58N2O10S. The van der Waals surface area contributed by atoms with Crippen molar-refractivity contribution in [2.75, 3.05) is 66.2 Å². The van der Waals surface area contributed by atoms with E-state index in [-0.39, 0.29) is 70.4 Å². The first-order chi connectivity index (χ1) is 26.9. The second-order valence-corrected chi connectivity index (χ2v) is 14.8. The molecule has 3 N–H and O–H groups in total. The zero-order valence-electron chi connectivity index (χ0n) is 32.4. The summed E-state index contributed by atoms with van der Waals surface area (Å²) in [6.07, 6.45) is 10.3. The van der Waals surface area contributed by atoms with Gasteiger partial charge in [-0.05, 0) is 98.7 Å². The number of aliphatic hydroxyl groups is 3. The Balaban J connectivity index is 1.74. The number of allylic oxidation sites excluding steroid dienone is 1. The minimum atomic E-state index is -1.42. The molecule has 55 heavy (non-hydrogen) atoms. The van der Waals surface area contributed by atoms with Gasteiger partial charge in [0.05, 0.1) is 45.2 Å². The monoisotopic (exact) mass is 782 g/mol. The Morgan fingerprint density at radius 1 is 1.04 bits per heavy atom. The highest BCUT2D eigenvalue weighted by Crippen LogP contribution is 2.62. The quantitative estimate of drug-likeness (QED) is 0.0494. The van der Waals surface area contributed by atoms with E-state index in [9.17, 15) is 20.1 Å². The fourth-order valence-electron chi connectivity index (χ4n) is 8.46. The Morgan fingerprint density at radius 2 is 1.78 bits per heavy atom. The first-order valence-corrected chi connectivity index (χ1v) is 20.7. The van der Waals surface area contributed by atoms with Gasteiger partial charge in [-0.15, -0.1) is 18.3 Å². The van der Waals surface area contributed by atoms with E-state index in [2.05, 4.69) is 18.7 Å². The molecule has 0 spiro atoms. The Morgan fingerprint density at radius 3 is 2.45 bits per heavy atom. The lowest BCUT2D eigenvalue weighted by atomic mass is 9.55. The Labute approximate surface area is 329 Å². The number of benzene rings is 2. The summed E-state index contributed by atoms with van der Waals surface area (Å²) in [5.41, 5.74) is 2.59. The maximum absolute atomic E-state index is 13.8. The summed E-state index contributed by atoms with van der Waals surface area (Å²) in [6, 6.07) is 13.1. The number of ether oxygens (including phenoxy) is 5. The minimum absolute atomic E-state index is 0.0658. The molecule has 1 heterocycles. The molecule has 1 fully saturated rings. The van der Waals surface area contributed by atoms with Crippen molar-refractivity contribution in [3.05, 3.63) is 72.3 Å². The number of fused-ring (bicyclic) bond motifs is 2. The minimum Gasteiger partial charge on any atom is -0.459 e. The third-order valence-electron chi connectivity index (χ3n) is 10.7. The normalized spacial score (nSPS) is 24.6. The van der Waals surface area contributed by atoms with Crippen LogP contribution in [0.4, 0.5) is 4.79 Å². The molecule has 2 aliphatic carbocycles. The van der Waals surface area contributed by atoms with Crippen LogP contribution in [0.3, 0.4) is 0 Å². The van der Waals surface area contributed by atoms with Crippen LogP contribution >= 0.6 is 11.8 Å². The van der Waals surface area contributed by atoms with Gasteiger partial charge in [0.25, 0.3) is 0 Å². The van der Waals surface area contributed by atoms with E-state index in [0.29, 0.717) is 42.4 Å². The van der Waals surface area contributed by atoms with E-state index >= 15 is 0 Å². The lowest BCUT2D eigenvalue weighted by Crippen LogP contribution is -2.70. The van der Waals surface area contributed by atoms with Crippen molar-refractivity contribution in [1.82, 2.24) is 4.90 Å². The molecule has 0 bridgehead atoms. The van der Waals surface area contributed by atoms with Gasteiger partial charge in [0.1, 0.15) is 29.9 Å². The van der Waals surface area contributed by atoms with Crippen molar-refractivity contribution in [3.63, 3.8) is 0 Å². The summed E-state index contributed by atoms with van der Waals surface area (Å²) in [5.74, 6) is 0.0698. The highest BCUT2D eigenvalue weighted by atomic mass is 32.2. The summed E-state index contributed by atoms with van der Waals surface area (Å²) in [5, 5.41) is 33.8. The molecule has 0 saturated heterocycles. The average molecular weight is 783 g/mol. The lowest BCUT2D eigenvalue weighted by Gasteiger charge is -2.59. The molecule has 13 heteroatoms. The number of aliphatic hydroxyl groups excluding tert-OH is 3. The highest BCUT2D eigenvalue weighted by molar-refractivity contribution is 7.98. The summed E-state index contributed by atoms with van der Waals surface area (Å²) >= 11 is 1.67. The number of nitrogens with zero attached hydrogens (tertiary/aromatic N) is 2. The molecule has 0 aromatic heterocycles. The van der Waals surface area contributed by atoms with Crippen LogP contribution in [0.2, 0.25) is 0 Å². The summed E-state index contributed by atoms with van der Waals surface area (Å²) < 4.78 is 31.6. The molecule has 5 rings (SSSR count). The highest BCUT2D eigenvalue weighted by Gasteiger charge is 2.65. The smallest absolute Gasteiger partial charge is 0.410 e. The Hall–Kier alpha value is -3.59. The summed E-state index contributed by atoms with van der Waals surface area (Å²) in [7, 11) is 1.34. The van der Waals surface area contributed by atoms with Crippen LogP contribution in [0.25, 0.3) is 0 Å². The van der Waals surface area contributed by atoms with Gasteiger partial charge in [0, 0.05) is 42.6 Å². The topological polar surface area (TPSA) is 149 Å². The van der Waals surface area contributed by atoms with E-state index in [1.807, 2.05) is 49.6 Å². The largest absolute Gasteiger partial charge is 0.459 e. The molecule has 1 aliphatic heterocycles. The molecule has 302 valence electrons. The number of carbonyl (C=O) groups excluding carboxylic acids is 1. The van der Waals surface area contributed by atoms with Crippen LogP contribution in [-0.4, -0.2) is 110 Å². The van der Waals surface area contributed by atoms with Gasteiger partial charge >= 0.3 is 6.09 Å². The standard InChI is InChI=1S/C42H58N2O10S/c1-5-23-51-42-38(44(41(48)49-3)19-24-50-25-22-47)28-36(43-52-6-2)34-26-29(11-7-9-20-45)33(12-8-10-21-46)39(40(34)42)35-27-31(15-18-37(35)54-42)53-30-13-16-32(55-4)17-14-30/h5,13-18,26-27,29,33,38-40,45-47H,1,6-12,19-25,28H2,2-4H3. The predicted octanol–water partition coefficient (Wildman–Crippen LogP) is 6.93. The third-order valence-corrected chi connectivity index (χ3v) is 11.5. The Kier molecular flexibility index (Phi) is 16.3. The molecule has 1 amide bonds. The number of hydrogen-bond acceptors (Lipinski definition) is 12. The van der Waals surface area contributed by atoms with E-state index < -0.39 is 23.8 Å². The maximum atomic E-state index is 13.8. The molecule has 1 saturated carbocycles. The number of thioether (sulfide) groups is 1. The fraction of sp³-hybridized carbons (Fsp3) is 0.571. The van der Waals surface area contributed by atoms with Crippen LogP contribution in [0, 0.1) is 17.8 Å². The number of carbonyl (C=O) groups is 1. The van der Waals surface area contributed by atoms with Crippen LogP contribution in [-0.2, 0) is 19.0 Å². The zero-order chi connectivity index (χ0) is 39.2. The molecular weight excluding hydrogens is 725 g/mol. The molecule has 3 aliphatic rings. The molecule has 6 unspecified atom stereocenters. The van der Waals surface area contributed by atoms with Crippen LogP contribution in [0.1, 0.15) is 63.4 Å². The van der Waals surface area contributed by atoms with Crippen molar-refractivity contribution in [3.8, 4) is 17.2 Å². The zero-order valence-corrected chi connectivity index (χ0v) is 33.2. The average Bonchev–Trinajstić information content (AvgIpc) is 3.21. The van der Waals surface area contributed by atoms with Crippen molar-refractivity contribution in [1.29, 1.82) is 0 Å². The first-order valence-electron chi connectivity index (χ1n) is 19.4. The SMILES string of the molecule is C=CCOC12Oc3ccc(Oc4ccc(SC)cc4)cc3C3C(CCCCO)C(CCCCO)C=C(C(=NOCC)CC1N(CCOCCO)C(=O)OC)C32. The molecule has 6 atom stereocenters. The van der Waals surface area contributed by atoms with E-state index in [4.69, 9.17) is 33.7 Å². The van der Waals surface area contributed by atoms with Gasteiger partial charge < -0.3 is 43.8 Å². The number of amides is 1. The number of methoxy groups -OCH3 is 1. The second kappa shape index (κ2) is 21.1. The predicted molar refractivity (Wildman–Crippen MR) is 212 cm³/mol. The first kappa shape index (κ1) is 42.6. The number of unbranched alkanes of at least 4 members (excludes halogenated alkanes) is 2.